The molecular weight excluding hydrogens is 390 g/mol. The van der Waals surface area contributed by atoms with Crippen molar-refractivity contribution in [3.8, 4) is 17.6 Å². The Morgan fingerprint density at radius 3 is 2.29 bits per heavy atom. The number of aromatic nitrogens is 2. The molecule has 3 aromatic carbocycles. The molecule has 1 heterocycles. The summed E-state index contributed by atoms with van der Waals surface area (Å²) in [6.45, 7) is 0. The number of nitrogens with zero attached hydrogens (tertiary/aromatic N) is 4. The van der Waals surface area contributed by atoms with Gasteiger partial charge in [0.2, 0.25) is 5.95 Å². The quantitative estimate of drug-likeness (QED) is 0.476. The highest BCUT2D eigenvalue weighted by Crippen LogP contribution is 2.33. The summed E-state index contributed by atoms with van der Waals surface area (Å²) in [5.74, 6) is 2.59. The molecule has 0 aliphatic carbocycles. The predicted molar refractivity (Wildman–Crippen MR) is 122 cm³/mol. The lowest BCUT2D eigenvalue weighted by Gasteiger charge is -2.20. The second kappa shape index (κ2) is 8.59. The van der Waals surface area contributed by atoms with Gasteiger partial charge in [0.05, 0.1) is 25.9 Å². The van der Waals surface area contributed by atoms with Crippen LogP contribution >= 0.6 is 0 Å². The number of nitrogens with one attached hydrogen (secondary N) is 1. The van der Waals surface area contributed by atoms with Gasteiger partial charge in [0.1, 0.15) is 22.8 Å². The van der Waals surface area contributed by atoms with Crippen molar-refractivity contribution in [2.45, 2.75) is 0 Å². The minimum Gasteiger partial charge on any atom is -0.497 e. The fraction of sp³-hybridized carbons (Fsp3) is 0.125. The second-order valence-electron chi connectivity index (χ2n) is 6.80. The number of nitriles is 1. The van der Waals surface area contributed by atoms with E-state index in [4.69, 9.17) is 24.7 Å². The van der Waals surface area contributed by atoms with E-state index in [-0.39, 0.29) is 0 Å². The van der Waals surface area contributed by atoms with Gasteiger partial charge in [-0.2, -0.15) is 10.2 Å². The zero-order valence-corrected chi connectivity index (χ0v) is 17.5. The molecule has 0 amide bonds. The van der Waals surface area contributed by atoms with Gasteiger partial charge in [0.15, 0.2) is 0 Å². The molecule has 1 N–H and O–H groups in total. The summed E-state index contributed by atoms with van der Waals surface area (Å²) in [7, 11) is 5.17. The van der Waals surface area contributed by atoms with Crippen LogP contribution in [0.4, 0.5) is 23.1 Å². The number of anilines is 4. The first-order valence-electron chi connectivity index (χ1n) is 9.62. The van der Waals surface area contributed by atoms with E-state index in [2.05, 4.69) is 11.4 Å². The van der Waals surface area contributed by atoms with Crippen molar-refractivity contribution in [1.29, 1.82) is 5.26 Å². The third-order valence-electron chi connectivity index (χ3n) is 4.93. The number of hydrogen-bond donors (Lipinski definition) is 1. The smallest absolute Gasteiger partial charge is 0.232 e. The normalized spacial score (nSPS) is 10.4. The Hall–Kier alpha value is -4.31. The molecule has 7 heteroatoms. The summed E-state index contributed by atoms with van der Waals surface area (Å²) in [5, 5.41) is 13.2. The molecule has 4 aromatic rings. The molecular formula is C24H21N5O2. The first-order valence-corrected chi connectivity index (χ1v) is 9.62. The number of para-hydroxylation sites is 1. The number of benzene rings is 3. The number of rotatable bonds is 6. The molecule has 0 radical (unpaired) electrons. The molecule has 0 aliphatic heterocycles. The maximum atomic E-state index is 9.04. The van der Waals surface area contributed by atoms with Gasteiger partial charge >= 0.3 is 0 Å². The van der Waals surface area contributed by atoms with Crippen molar-refractivity contribution in [2.24, 2.45) is 0 Å². The average Bonchev–Trinajstić information content (AvgIpc) is 2.83. The van der Waals surface area contributed by atoms with E-state index >= 15 is 0 Å². The van der Waals surface area contributed by atoms with Crippen LogP contribution in [0.1, 0.15) is 5.56 Å². The summed E-state index contributed by atoms with van der Waals surface area (Å²) >= 11 is 0. The van der Waals surface area contributed by atoms with Gasteiger partial charge in [-0.25, -0.2) is 4.98 Å². The van der Waals surface area contributed by atoms with Gasteiger partial charge in [-0.3, -0.25) is 0 Å². The van der Waals surface area contributed by atoms with E-state index in [0.29, 0.717) is 28.6 Å². The highest BCUT2D eigenvalue weighted by atomic mass is 16.5. The minimum absolute atomic E-state index is 0.512. The average molecular weight is 411 g/mol. The van der Waals surface area contributed by atoms with Gasteiger partial charge in [0.25, 0.3) is 0 Å². The summed E-state index contributed by atoms with van der Waals surface area (Å²) in [6, 6.07) is 22.7. The van der Waals surface area contributed by atoms with Crippen LogP contribution in [0.5, 0.6) is 11.5 Å². The van der Waals surface area contributed by atoms with Gasteiger partial charge in [-0.05, 0) is 60.7 Å². The van der Waals surface area contributed by atoms with Crippen LogP contribution in [-0.4, -0.2) is 31.2 Å². The van der Waals surface area contributed by atoms with Crippen LogP contribution < -0.4 is 19.7 Å². The van der Waals surface area contributed by atoms with Crippen molar-refractivity contribution < 1.29 is 9.47 Å². The number of fused-ring (bicyclic) bond motifs is 1. The van der Waals surface area contributed by atoms with E-state index in [9.17, 15) is 0 Å². The Labute approximate surface area is 180 Å². The molecule has 0 atom stereocenters. The summed E-state index contributed by atoms with van der Waals surface area (Å²) < 4.78 is 10.8. The maximum absolute atomic E-state index is 9.04. The van der Waals surface area contributed by atoms with Crippen molar-refractivity contribution in [3.63, 3.8) is 0 Å². The van der Waals surface area contributed by atoms with Crippen molar-refractivity contribution in [3.05, 3.63) is 72.3 Å². The highest BCUT2D eigenvalue weighted by Gasteiger charge is 2.15. The van der Waals surface area contributed by atoms with E-state index in [0.717, 1.165) is 22.5 Å². The van der Waals surface area contributed by atoms with Crippen molar-refractivity contribution >= 4 is 34.0 Å². The zero-order valence-electron chi connectivity index (χ0n) is 17.5. The molecule has 4 rings (SSSR count). The Morgan fingerprint density at radius 2 is 1.65 bits per heavy atom. The largest absolute Gasteiger partial charge is 0.497 e. The summed E-state index contributed by atoms with van der Waals surface area (Å²) in [6.07, 6.45) is 0. The highest BCUT2D eigenvalue weighted by molar-refractivity contribution is 5.95. The van der Waals surface area contributed by atoms with Gasteiger partial charge < -0.3 is 19.7 Å². The Morgan fingerprint density at radius 1 is 0.903 bits per heavy atom. The maximum Gasteiger partial charge on any atom is 0.232 e. The van der Waals surface area contributed by atoms with Crippen LogP contribution in [0, 0.1) is 11.3 Å². The van der Waals surface area contributed by atoms with Crippen molar-refractivity contribution in [2.75, 3.05) is 31.5 Å². The molecule has 1 aromatic heterocycles. The summed E-state index contributed by atoms with van der Waals surface area (Å²) in [5.41, 5.74) is 3.03. The number of methoxy groups -OCH3 is 2. The lowest BCUT2D eigenvalue weighted by Crippen LogP contribution is -2.14. The van der Waals surface area contributed by atoms with Gasteiger partial charge in [0, 0.05) is 23.8 Å². The third kappa shape index (κ3) is 4.05. The third-order valence-corrected chi connectivity index (χ3v) is 4.93. The summed E-state index contributed by atoms with van der Waals surface area (Å²) in [4.78, 5) is 11.5. The van der Waals surface area contributed by atoms with E-state index in [1.54, 1.807) is 26.4 Å². The fourth-order valence-electron chi connectivity index (χ4n) is 3.21. The molecule has 0 unspecified atom stereocenters. The monoisotopic (exact) mass is 411 g/mol. The second-order valence-corrected chi connectivity index (χ2v) is 6.80. The lowest BCUT2D eigenvalue weighted by atomic mass is 10.2. The molecule has 0 aliphatic rings. The molecule has 0 saturated carbocycles. The molecule has 0 bridgehead atoms. The minimum atomic E-state index is 0.512. The Bertz CT molecular complexity index is 1250. The zero-order chi connectivity index (χ0) is 21.8. The van der Waals surface area contributed by atoms with E-state index in [1.165, 1.54) is 0 Å². The number of hydrogen-bond acceptors (Lipinski definition) is 7. The standard InChI is InChI=1S/C24H21N5O2/c1-29(18-11-13-19(30-2)14-12-18)24-27-22-20(5-4-6-21(22)31-3)23(28-24)26-17-9-7-16(15-25)8-10-17/h4-14H,1-3H3,(H,26,27,28). The van der Waals surface area contributed by atoms with Crippen LogP contribution in [0.25, 0.3) is 10.9 Å². The topological polar surface area (TPSA) is 83.3 Å². The van der Waals surface area contributed by atoms with Crippen LogP contribution in [0.2, 0.25) is 0 Å². The Balaban J connectivity index is 1.80. The van der Waals surface area contributed by atoms with Crippen LogP contribution in [-0.2, 0) is 0 Å². The van der Waals surface area contributed by atoms with Gasteiger partial charge in [-0.15, -0.1) is 0 Å². The lowest BCUT2D eigenvalue weighted by molar-refractivity contribution is 0.415. The SMILES string of the molecule is COc1ccc(N(C)c2nc(Nc3ccc(C#N)cc3)c3cccc(OC)c3n2)cc1. The predicted octanol–water partition coefficient (Wildman–Crippen LogP) is 5.03. The molecule has 0 spiro atoms. The first-order chi connectivity index (χ1) is 15.1. The first kappa shape index (κ1) is 20.0. The van der Waals surface area contributed by atoms with Crippen molar-refractivity contribution in [1.82, 2.24) is 9.97 Å². The van der Waals surface area contributed by atoms with Crippen LogP contribution in [0.15, 0.2) is 66.7 Å². The number of ether oxygens (including phenoxy) is 2. The molecule has 0 fully saturated rings. The molecule has 154 valence electrons. The molecule has 7 nitrogen and oxygen atoms in total. The van der Waals surface area contributed by atoms with E-state index in [1.807, 2.05) is 66.5 Å². The Kier molecular flexibility index (Phi) is 5.54. The van der Waals surface area contributed by atoms with Crippen LogP contribution in [0.3, 0.4) is 0 Å². The van der Waals surface area contributed by atoms with Gasteiger partial charge in [-0.1, -0.05) is 6.07 Å². The molecule has 0 saturated heterocycles. The fourth-order valence-corrected chi connectivity index (χ4v) is 3.21. The molecule has 31 heavy (non-hydrogen) atoms. The van der Waals surface area contributed by atoms with E-state index < -0.39 is 0 Å².